The van der Waals surface area contributed by atoms with E-state index in [4.69, 9.17) is 20.8 Å². The summed E-state index contributed by atoms with van der Waals surface area (Å²) in [5.74, 6) is -1.40. The molecule has 3 amide bonds. The molecule has 0 radical (unpaired) electrons. The summed E-state index contributed by atoms with van der Waals surface area (Å²) >= 11 is 9.14. The van der Waals surface area contributed by atoms with Crippen LogP contribution in [0.5, 0.6) is 5.75 Å². The standard InChI is InChI=1S/C24H17BrClN3O8/c1-35-23(31)20-7-6-17(37-20)11-28-22(30)18(27-24(28)32)9-14-8-15(25)10-19(29(33)34)21(14)36-12-13-2-4-16(26)5-3-13/h2-10H,11-12H2,1H3,(H,27,32)/b18-9-. The number of nitrogens with one attached hydrogen (secondary N) is 1. The van der Waals surface area contributed by atoms with E-state index in [9.17, 15) is 24.5 Å². The third-order valence-electron chi connectivity index (χ3n) is 5.18. The number of furan rings is 1. The summed E-state index contributed by atoms with van der Waals surface area (Å²) in [6.45, 7) is -0.263. The summed E-state index contributed by atoms with van der Waals surface area (Å²) in [5, 5.41) is 14.7. The summed E-state index contributed by atoms with van der Waals surface area (Å²) in [7, 11) is 1.19. The number of nitrogens with zero attached hydrogens (tertiary/aromatic N) is 2. The van der Waals surface area contributed by atoms with Crippen molar-refractivity contribution in [3.63, 3.8) is 0 Å². The highest BCUT2D eigenvalue weighted by molar-refractivity contribution is 9.10. The van der Waals surface area contributed by atoms with Crippen molar-refractivity contribution < 1.29 is 33.2 Å². The van der Waals surface area contributed by atoms with Crippen molar-refractivity contribution >= 4 is 57.2 Å². The van der Waals surface area contributed by atoms with E-state index in [1.807, 2.05) is 0 Å². The van der Waals surface area contributed by atoms with E-state index in [1.54, 1.807) is 24.3 Å². The Bertz CT molecular complexity index is 1430. The van der Waals surface area contributed by atoms with Gasteiger partial charge in [-0.05, 0) is 42.0 Å². The number of hydrogen-bond donors (Lipinski definition) is 1. The first-order chi connectivity index (χ1) is 17.7. The molecule has 1 fully saturated rings. The first-order valence-corrected chi connectivity index (χ1v) is 11.7. The number of urea groups is 1. The highest BCUT2D eigenvalue weighted by Gasteiger charge is 2.35. The minimum absolute atomic E-state index is 0.0106. The average molecular weight is 591 g/mol. The Morgan fingerprint density at radius 1 is 1.22 bits per heavy atom. The van der Waals surface area contributed by atoms with E-state index in [-0.39, 0.29) is 47.4 Å². The molecule has 1 N–H and O–H groups in total. The molecule has 3 aromatic rings. The Labute approximate surface area is 222 Å². The van der Waals surface area contributed by atoms with Crippen LogP contribution < -0.4 is 10.1 Å². The van der Waals surface area contributed by atoms with E-state index >= 15 is 0 Å². The molecular weight excluding hydrogens is 574 g/mol. The fourth-order valence-electron chi connectivity index (χ4n) is 3.44. The Balaban J connectivity index is 1.62. The van der Waals surface area contributed by atoms with Gasteiger partial charge in [-0.3, -0.25) is 19.8 Å². The molecule has 37 heavy (non-hydrogen) atoms. The zero-order valence-corrected chi connectivity index (χ0v) is 21.4. The molecule has 1 aliphatic heterocycles. The lowest BCUT2D eigenvalue weighted by Gasteiger charge is -2.11. The minimum atomic E-state index is -0.736. The molecule has 0 aliphatic carbocycles. The molecule has 1 aliphatic rings. The van der Waals surface area contributed by atoms with E-state index < -0.39 is 22.8 Å². The van der Waals surface area contributed by atoms with Gasteiger partial charge >= 0.3 is 17.7 Å². The monoisotopic (exact) mass is 589 g/mol. The number of rotatable bonds is 8. The van der Waals surface area contributed by atoms with Gasteiger partial charge in [0, 0.05) is 21.1 Å². The zero-order valence-electron chi connectivity index (χ0n) is 19.0. The number of carbonyl (C=O) groups is 3. The molecule has 0 spiro atoms. The Morgan fingerprint density at radius 2 is 1.95 bits per heavy atom. The third kappa shape index (κ3) is 5.81. The highest BCUT2D eigenvalue weighted by Crippen LogP contribution is 2.37. The number of nitro benzene ring substituents is 1. The summed E-state index contributed by atoms with van der Waals surface area (Å²) in [4.78, 5) is 49.1. The largest absolute Gasteiger partial charge is 0.482 e. The van der Waals surface area contributed by atoms with Crippen molar-refractivity contribution in [1.29, 1.82) is 0 Å². The molecular formula is C24H17BrClN3O8. The molecule has 0 bridgehead atoms. The van der Waals surface area contributed by atoms with Crippen molar-refractivity contribution in [2.24, 2.45) is 0 Å². The van der Waals surface area contributed by atoms with Gasteiger partial charge in [0.15, 0.2) is 0 Å². The molecule has 13 heteroatoms. The van der Waals surface area contributed by atoms with Gasteiger partial charge in [0.1, 0.15) is 18.1 Å². The number of imide groups is 1. The SMILES string of the molecule is COC(=O)c1ccc(CN2C(=O)N/C(=C\c3cc(Br)cc([N+](=O)[O-])c3OCc3ccc(Cl)cc3)C2=O)o1. The van der Waals surface area contributed by atoms with E-state index in [0.29, 0.717) is 15.1 Å². The van der Waals surface area contributed by atoms with Crippen molar-refractivity contribution in [2.45, 2.75) is 13.2 Å². The smallest absolute Gasteiger partial charge is 0.373 e. The normalized spacial score (nSPS) is 14.1. The molecule has 0 atom stereocenters. The maximum absolute atomic E-state index is 13.0. The molecule has 0 saturated carbocycles. The number of halogens is 2. The van der Waals surface area contributed by atoms with Gasteiger partial charge in [-0.25, -0.2) is 9.59 Å². The number of amides is 3. The van der Waals surface area contributed by atoms with Crippen LogP contribution in [0.25, 0.3) is 6.08 Å². The number of ether oxygens (including phenoxy) is 2. The maximum atomic E-state index is 13.0. The van der Waals surface area contributed by atoms with Gasteiger partial charge in [0.2, 0.25) is 11.5 Å². The second kappa shape index (κ2) is 10.8. The van der Waals surface area contributed by atoms with Gasteiger partial charge in [-0.1, -0.05) is 39.7 Å². The molecule has 1 saturated heterocycles. The Hall–Kier alpha value is -4.16. The number of benzene rings is 2. The zero-order chi connectivity index (χ0) is 26.7. The van der Waals surface area contributed by atoms with Crippen molar-refractivity contribution in [2.75, 3.05) is 7.11 Å². The highest BCUT2D eigenvalue weighted by atomic mass is 79.9. The van der Waals surface area contributed by atoms with Crippen molar-refractivity contribution in [3.05, 3.63) is 96.5 Å². The van der Waals surface area contributed by atoms with Gasteiger partial charge in [-0.15, -0.1) is 0 Å². The first-order valence-electron chi connectivity index (χ1n) is 10.5. The molecule has 11 nitrogen and oxygen atoms in total. The first kappa shape index (κ1) is 25.9. The second-order valence-electron chi connectivity index (χ2n) is 7.65. The predicted octanol–water partition coefficient (Wildman–Crippen LogP) is 5.06. The Morgan fingerprint density at radius 3 is 2.62 bits per heavy atom. The predicted molar refractivity (Wildman–Crippen MR) is 134 cm³/mol. The maximum Gasteiger partial charge on any atom is 0.373 e. The van der Waals surface area contributed by atoms with E-state index in [2.05, 4.69) is 26.0 Å². The third-order valence-corrected chi connectivity index (χ3v) is 5.89. The van der Waals surface area contributed by atoms with Crippen LogP contribution >= 0.6 is 27.5 Å². The number of nitro groups is 1. The van der Waals surface area contributed by atoms with Gasteiger partial charge in [0.25, 0.3) is 5.91 Å². The van der Waals surface area contributed by atoms with Crippen LogP contribution in [-0.4, -0.2) is 34.8 Å². The van der Waals surface area contributed by atoms with Crippen LogP contribution in [-0.2, 0) is 22.7 Å². The summed E-state index contributed by atoms with van der Waals surface area (Å²) in [6, 6.07) is 11.6. The minimum Gasteiger partial charge on any atom is -0.482 e. The summed E-state index contributed by atoms with van der Waals surface area (Å²) < 4.78 is 16.1. The lowest BCUT2D eigenvalue weighted by atomic mass is 10.1. The van der Waals surface area contributed by atoms with Gasteiger partial charge < -0.3 is 19.2 Å². The lowest BCUT2D eigenvalue weighted by Crippen LogP contribution is -2.30. The number of hydrogen-bond acceptors (Lipinski definition) is 8. The summed E-state index contributed by atoms with van der Waals surface area (Å²) in [6.07, 6.45) is 1.29. The van der Waals surface area contributed by atoms with Crippen molar-refractivity contribution in [1.82, 2.24) is 10.2 Å². The summed E-state index contributed by atoms with van der Waals surface area (Å²) in [5.41, 5.74) is 0.427. The topological polar surface area (TPSA) is 141 Å². The molecule has 0 unspecified atom stereocenters. The average Bonchev–Trinajstić information content (AvgIpc) is 3.44. The fourth-order valence-corrected chi connectivity index (χ4v) is 4.03. The van der Waals surface area contributed by atoms with Crippen LogP contribution in [0.1, 0.15) is 27.4 Å². The molecule has 2 aromatic carbocycles. The van der Waals surface area contributed by atoms with Crippen LogP contribution in [0.2, 0.25) is 5.02 Å². The van der Waals surface area contributed by atoms with E-state index in [0.717, 1.165) is 4.90 Å². The number of carbonyl (C=O) groups excluding carboxylic acids is 3. The molecule has 190 valence electrons. The van der Waals surface area contributed by atoms with Crippen LogP contribution in [0.4, 0.5) is 10.5 Å². The van der Waals surface area contributed by atoms with Crippen LogP contribution in [0, 0.1) is 10.1 Å². The number of methoxy groups -OCH3 is 1. The fraction of sp³-hybridized carbons (Fsp3) is 0.125. The van der Waals surface area contributed by atoms with Crippen LogP contribution in [0.3, 0.4) is 0 Å². The van der Waals surface area contributed by atoms with Gasteiger partial charge in [0.05, 0.1) is 18.6 Å². The molecule has 4 rings (SSSR count). The number of esters is 1. The quantitative estimate of drug-likeness (QED) is 0.126. The van der Waals surface area contributed by atoms with Gasteiger partial charge in [-0.2, -0.15) is 0 Å². The van der Waals surface area contributed by atoms with Crippen LogP contribution in [0.15, 0.2) is 63.1 Å². The lowest BCUT2D eigenvalue weighted by molar-refractivity contribution is -0.386. The molecule has 1 aromatic heterocycles. The molecule has 2 heterocycles. The van der Waals surface area contributed by atoms with Crippen molar-refractivity contribution in [3.8, 4) is 5.75 Å². The second-order valence-corrected chi connectivity index (χ2v) is 9.00. The van der Waals surface area contributed by atoms with E-state index in [1.165, 1.54) is 37.5 Å². The Kier molecular flexibility index (Phi) is 7.60.